The zero-order valence-electron chi connectivity index (χ0n) is 13.4. The average Bonchev–Trinajstić information content (AvgIpc) is 2.56. The predicted octanol–water partition coefficient (Wildman–Crippen LogP) is 2.68. The molecule has 0 spiro atoms. The first-order valence-electron chi connectivity index (χ1n) is 7.71. The maximum atomic E-state index is 10.9. The van der Waals surface area contributed by atoms with Gasteiger partial charge in [-0.15, -0.1) is 0 Å². The number of hydrogen-bond acceptors (Lipinski definition) is 5. The standard InChI is InChI=1S/C17H21ClN4O/c1-21(2)15-11-16(20-12-19-15)22-9-7-17(23,8-10-22)13-3-5-14(18)6-4-13/h3-6,11-12,23H,7-10H2,1-2H3. The van der Waals surface area contributed by atoms with E-state index in [9.17, 15) is 5.11 Å². The second kappa shape index (κ2) is 6.34. The highest BCUT2D eigenvalue weighted by Crippen LogP contribution is 2.34. The van der Waals surface area contributed by atoms with Crippen LogP contribution in [0.5, 0.6) is 0 Å². The summed E-state index contributed by atoms with van der Waals surface area (Å²) in [6.45, 7) is 1.51. The van der Waals surface area contributed by atoms with Gasteiger partial charge >= 0.3 is 0 Å². The van der Waals surface area contributed by atoms with Crippen LogP contribution in [0.1, 0.15) is 18.4 Å². The normalized spacial score (nSPS) is 17.1. The van der Waals surface area contributed by atoms with E-state index in [0.29, 0.717) is 17.9 Å². The second-order valence-corrected chi connectivity index (χ2v) is 6.59. The van der Waals surface area contributed by atoms with Crippen molar-refractivity contribution in [1.29, 1.82) is 0 Å². The van der Waals surface area contributed by atoms with Gasteiger partial charge in [-0.2, -0.15) is 0 Å². The summed E-state index contributed by atoms with van der Waals surface area (Å²) in [6, 6.07) is 9.45. The van der Waals surface area contributed by atoms with E-state index in [2.05, 4.69) is 14.9 Å². The van der Waals surface area contributed by atoms with Crippen LogP contribution in [0.4, 0.5) is 11.6 Å². The van der Waals surface area contributed by atoms with Gasteiger partial charge in [0, 0.05) is 38.3 Å². The number of aliphatic hydroxyl groups is 1. The van der Waals surface area contributed by atoms with E-state index in [0.717, 1.165) is 30.3 Å². The molecule has 3 rings (SSSR count). The topological polar surface area (TPSA) is 52.5 Å². The van der Waals surface area contributed by atoms with Crippen molar-refractivity contribution in [2.75, 3.05) is 37.0 Å². The largest absolute Gasteiger partial charge is 0.385 e. The Morgan fingerprint density at radius 2 is 1.78 bits per heavy atom. The van der Waals surface area contributed by atoms with Crippen molar-refractivity contribution in [1.82, 2.24) is 9.97 Å². The minimum Gasteiger partial charge on any atom is -0.385 e. The van der Waals surface area contributed by atoms with E-state index in [1.807, 2.05) is 49.3 Å². The summed E-state index contributed by atoms with van der Waals surface area (Å²) in [5.41, 5.74) is 0.136. The fourth-order valence-corrected chi connectivity index (χ4v) is 3.04. The number of piperidine rings is 1. The van der Waals surface area contributed by atoms with Crippen LogP contribution >= 0.6 is 11.6 Å². The molecule has 1 aliphatic heterocycles. The Morgan fingerprint density at radius 1 is 1.13 bits per heavy atom. The molecular weight excluding hydrogens is 312 g/mol. The van der Waals surface area contributed by atoms with Gasteiger partial charge in [-0.25, -0.2) is 9.97 Å². The highest BCUT2D eigenvalue weighted by molar-refractivity contribution is 6.30. The number of benzene rings is 1. The third kappa shape index (κ3) is 3.41. The lowest BCUT2D eigenvalue weighted by atomic mass is 9.84. The van der Waals surface area contributed by atoms with Gasteiger partial charge in [0.15, 0.2) is 0 Å². The Kier molecular flexibility index (Phi) is 4.41. The average molecular weight is 333 g/mol. The Hall–Kier alpha value is -1.85. The maximum Gasteiger partial charge on any atom is 0.134 e. The molecule has 0 radical (unpaired) electrons. The van der Waals surface area contributed by atoms with E-state index in [1.165, 1.54) is 0 Å². The molecule has 0 atom stereocenters. The molecule has 1 fully saturated rings. The zero-order valence-corrected chi connectivity index (χ0v) is 14.2. The van der Waals surface area contributed by atoms with Crippen molar-refractivity contribution in [2.45, 2.75) is 18.4 Å². The van der Waals surface area contributed by atoms with Gasteiger partial charge < -0.3 is 14.9 Å². The van der Waals surface area contributed by atoms with Gasteiger partial charge in [-0.1, -0.05) is 23.7 Å². The van der Waals surface area contributed by atoms with E-state index in [4.69, 9.17) is 11.6 Å². The summed E-state index contributed by atoms with van der Waals surface area (Å²) in [5.74, 6) is 1.79. The number of rotatable bonds is 3. The zero-order chi connectivity index (χ0) is 16.4. The van der Waals surface area contributed by atoms with Gasteiger partial charge in [0.25, 0.3) is 0 Å². The van der Waals surface area contributed by atoms with Crippen LogP contribution in [0.2, 0.25) is 5.02 Å². The van der Waals surface area contributed by atoms with Crippen LogP contribution in [-0.2, 0) is 5.60 Å². The SMILES string of the molecule is CN(C)c1cc(N2CCC(O)(c3ccc(Cl)cc3)CC2)ncn1. The molecule has 122 valence electrons. The molecule has 1 aliphatic rings. The van der Waals surface area contributed by atoms with Crippen LogP contribution in [0.15, 0.2) is 36.7 Å². The van der Waals surface area contributed by atoms with Gasteiger partial charge in [0.05, 0.1) is 5.60 Å². The molecule has 0 amide bonds. The van der Waals surface area contributed by atoms with Gasteiger partial charge in [-0.05, 0) is 30.5 Å². The number of nitrogens with zero attached hydrogens (tertiary/aromatic N) is 4. The Labute approximate surface area is 141 Å². The molecule has 2 heterocycles. The molecular formula is C17H21ClN4O. The van der Waals surface area contributed by atoms with Gasteiger partial charge in [0.2, 0.25) is 0 Å². The summed E-state index contributed by atoms with van der Waals surface area (Å²) in [4.78, 5) is 12.8. The molecule has 0 aliphatic carbocycles. The van der Waals surface area contributed by atoms with Crippen LogP contribution < -0.4 is 9.80 Å². The van der Waals surface area contributed by atoms with Gasteiger partial charge in [-0.3, -0.25) is 0 Å². The Balaban J connectivity index is 1.73. The number of halogens is 1. The molecule has 1 N–H and O–H groups in total. The minimum atomic E-state index is -0.793. The van der Waals surface area contributed by atoms with Gasteiger partial charge in [0.1, 0.15) is 18.0 Å². The highest BCUT2D eigenvalue weighted by Gasteiger charge is 2.34. The predicted molar refractivity (Wildman–Crippen MR) is 93.2 cm³/mol. The maximum absolute atomic E-state index is 10.9. The lowest BCUT2D eigenvalue weighted by Crippen LogP contribution is -2.43. The fraction of sp³-hybridized carbons (Fsp3) is 0.412. The molecule has 5 nitrogen and oxygen atoms in total. The van der Waals surface area contributed by atoms with Crippen molar-refractivity contribution in [3.8, 4) is 0 Å². The number of anilines is 2. The van der Waals surface area contributed by atoms with Crippen LogP contribution in [-0.4, -0.2) is 42.3 Å². The summed E-state index contributed by atoms with van der Waals surface area (Å²) >= 11 is 5.93. The lowest BCUT2D eigenvalue weighted by Gasteiger charge is -2.39. The molecule has 0 bridgehead atoms. The molecule has 1 aromatic heterocycles. The third-order valence-electron chi connectivity index (χ3n) is 4.39. The molecule has 2 aromatic rings. The summed E-state index contributed by atoms with van der Waals surface area (Å²) in [6.07, 6.45) is 2.91. The minimum absolute atomic E-state index is 0.663. The van der Waals surface area contributed by atoms with Crippen LogP contribution in [0, 0.1) is 0 Å². The highest BCUT2D eigenvalue weighted by atomic mass is 35.5. The summed E-state index contributed by atoms with van der Waals surface area (Å²) in [7, 11) is 3.92. The molecule has 1 saturated heterocycles. The Bertz CT molecular complexity index is 667. The molecule has 0 saturated carbocycles. The van der Waals surface area contributed by atoms with Crippen molar-refractivity contribution >= 4 is 23.2 Å². The van der Waals surface area contributed by atoms with E-state index >= 15 is 0 Å². The smallest absolute Gasteiger partial charge is 0.134 e. The summed E-state index contributed by atoms with van der Waals surface area (Å²) < 4.78 is 0. The first kappa shape index (κ1) is 16.0. The first-order valence-corrected chi connectivity index (χ1v) is 8.08. The lowest BCUT2D eigenvalue weighted by molar-refractivity contribution is 0.0116. The fourth-order valence-electron chi connectivity index (χ4n) is 2.91. The molecule has 1 aromatic carbocycles. The monoisotopic (exact) mass is 332 g/mol. The van der Waals surface area contributed by atoms with Crippen molar-refractivity contribution in [3.63, 3.8) is 0 Å². The molecule has 6 heteroatoms. The van der Waals surface area contributed by atoms with Crippen molar-refractivity contribution < 1.29 is 5.11 Å². The van der Waals surface area contributed by atoms with Crippen molar-refractivity contribution in [3.05, 3.63) is 47.2 Å². The quantitative estimate of drug-likeness (QED) is 0.936. The number of hydrogen-bond donors (Lipinski definition) is 1. The van der Waals surface area contributed by atoms with E-state index in [1.54, 1.807) is 6.33 Å². The molecule has 0 unspecified atom stereocenters. The van der Waals surface area contributed by atoms with E-state index < -0.39 is 5.60 Å². The summed E-state index contributed by atoms with van der Waals surface area (Å²) in [5, 5.41) is 11.6. The Morgan fingerprint density at radius 3 is 2.39 bits per heavy atom. The second-order valence-electron chi connectivity index (χ2n) is 6.15. The number of aromatic nitrogens is 2. The van der Waals surface area contributed by atoms with E-state index in [-0.39, 0.29) is 0 Å². The molecule has 23 heavy (non-hydrogen) atoms. The van der Waals surface area contributed by atoms with Crippen molar-refractivity contribution in [2.24, 2.45) is 0 Å². The van der Waals surface area contributed by atoms with Crippen LogP contribution in [0.25, 0.3) is 0 Å². The van der Waals surface area contributed by atoms with Crippen LogP contribution in [0.3, 0.4) is 0 Å². The third-order valence-corrected chi connectivity index (χ3v) is 4.64. The first-order chi connectivity index (χ1) is 11.0.